The number of nitriles is 2. The van der Waals surface area contributed by atoms with E-state index in [4.69, 9.17) is 21.7 Å². The van der Waals surface area contributed by atoms with Gasteiger partial charge in [-0.1, -0.05) is 17.3 Å². The quantitative estimate of drug-likeness (QED) is 0.279. The van der Waals surface area contributed by atoms with Gasteiger partial charge in [-0.2, -0.15) is 19.8 Å². The second-order valence-corrected chi connectivity index (χ2v) is 10.7. The van der Waals surface area contributed by atoms with E-state index < -0.39 is 21.9 Å². The van der Waals surface area contributed by atoms with Crippen LogP contribution in [0.4, 0.5) is 0 Å². The zero-order valence-corrected chi connectivity index (χ0v) is 22.1. The first kappa shape index (κ1) is 28.3. The standard InChI is InChI=1S/C26H23N5O5S2/c1-3-15-31-22-12-9-20(25(33)36-4-2)18-23(22)37-26(31)29-24(32)19-7-10-21(11-8-19)38(34,35)30(16-5-13-27)17-6-14-28/h1,7-12,18H,4-6,15-17H2,2H3. The number of carbonyl (C=O) groups excluding carboxylic acids is 2. The molecule has 0 fully saturated rings. The molecule has 0 N–H and O–H groups in total. The van der Waals surface area contributed by atoms with Crippen LogP contribution in [0, 0.1) is 35.0 Å². The van der Waals surface area contributed by atoms with E-state index in [1.165, 1.54) is 35.6 Å². The number of carbonyl (C=O) groups is 2. The Labute approximate surface area is 224 Å². The highest BCUT2D eigenvalue weighted by Crippen LogP contribution is 2.21. The third-order valence-corrected chi connectivity index (χ3v) is 8.28. The lowest BCUT2D eigenvalue weighted by molar-refractivity contribution is 0.0526. The fourth-order valence-corrected chi connectivity index (χ4v) is 6.02. The molecule has 0 spiro atoms. The third-order valence-electron chi connectivity index (χ3n) is 5.33. The van der Waals surface area contributed by atoms with Crippen LogP contribution >= 0.6 is 11.3 Å². The number of aromatic nitrogens is 1. The highest BCUT2D eigenvalue weighted by molar-refractivity contribution is 7.89. The summed E-state index contributed by atoms with van der Waals surface area (Å²) in [5, 5.41) is 17.7. The summed E-state index contributed by atoms with van der Waals surface area (Å²) in [6, 6.07) is 14.1. The number of benzene rings is 2. The molecule has 194 valence electrons. The van der Waals surface area contributed by atoms with Gasteiger partial charge in [0.25, 0.3) is 5.91 Å². The number of thiazole rings is 1. The zero-order chi connectivity index (χ0) is 27.7. The Balaban J connectivity index is 1.95. The van der Waals surface area contributed by atoms with E-state index in [1.807, 2.05) is 12.1 Å². The van der Waals surface area contributed by atoms with Gasteiger partial charge in [0.05, 0.1) is 46.0 Å². The smallest absolute Gasteiger partial charge is 0.338 e. The van der Waals surface area contributed by atoms with Crippen LogP contribution in [0.25, 0.3) is 10.2 Å². The van der Waals surface area contributed by atoms with Gasteiger partial charge in [-0.25, -0.2) is 13.2 Å². The van der Waals surface area contributed by atoms with Gasteiger partial charge in [0, 0.05) is 31.5 Å². The average Bonchev–Trinajstić information content (AvgIpc) is 3.24. The van der Waals surface area contributed by atoms with Crippen molar-refractivity contribution in [2.75, 3.05) is 19.7 Å². The molecule has 0 saturated heterocycles. The van der Waals surface area contributed by atoms with Crippen molar-refractivity contribution in [3.8, 4) is 24.5 Å². The topological polar surface area (TPSA) is 146 Å². The van der Waals surface area contributed by atoms with Crippen LogP contribution in [0.15, 0.2) is 52.4 Å². The summed E-state index contributed by atoms with van der Waals surface area (Å²) in [5.41, 5.74) is 1.21. The normalized spacial score (nSPS) is 11.6. The molecule has 12 heteroatoms. The molecule has 0 aliphatic rings. The lowest BCUT2D eigenvalue weighted by atomic mass is 10.2. The van der Waals surface area contributed by atoms with Crippen molar-refractivity contribution in [2.24, 2.45) is 4.99 Å². The van der Waals surface area contributed by atoms with Gasteiger partial charge in [0.1, 0.15) is 0 Å². The largest absolute Gasteiger partial charge is 0.462 e. The molecule has 2 aromatic carbocycles. The van der Waals surface area contributed by atoms with Gasteiger partial charge in [0.2, 0.25) is 10.0 Å². The van der Waals surface area contributed by atoms with Gasteiger partial charge in [0.15, 0.2) is 4.80 Å². The zero-order valence-electron chi connectivity index (χ0n) is 20.5. The number of nitrogens with zero attached hydrogens (tertiary/aromatic N) is 5. The molecule has 3 aromatic rings. The molecule has 1 heterocycles. The number of hydrogen-bond donors (Lipinski definition) is 0. The van der Waals surface area contributed by atoms with Crippen LogP contribution in [0.3, 0.4) is 0 Å². The highest BCUT2D eigenvalue weighted by Gasteiger charge is 2.24. The second-order valence-electron chi connectivity index (χ2n) is 7.74. The lowest BCUT2D eigenvalue weighted by Crippen LogP contribution is -2.32. The van der Waals surface area contributed by atoms with E-state index in [-0.39, 0.29) is 49.5 Å². The van der Waals surface area contributed by atoms with Gasteiger partial charge in [-0.15, -0.1) is 6.42 Å². The Bertz CT molecular complexity index is 1630. The minimum atomic E-state index is -3.97. The summed E-state index contributed by atoms with van der Waals surface area (Å²) in [6.07, 6.45) is 5.48. The minimum Gasteiger partial charge on any atom is -0.462 e. The van der Waals surface area contributed by atoms with Crippen LogP contribution in [0.5, 0.6) is 0 Å². The Morgan fingerprint density at radius 2 is 1.71 bits per heavy atom. The lowest BCUT2D eigenvalue weighted by Gasteiger charge is -2.20. The molecule has 3 rings (SSSR count). The maximum Gasteiger partial charge on any atom is 0.338 e. The number of fused-ring (bicyclic) bond motifs is 1. The Kier molecular flexibility index (Phi) is 9.53. The number of hydrogen-bond acceptors (Lipinski definition) is 8. The van der Waals surface area contributed by atoms with Gasteiger partial charge in [-0.05, 0) is 49.4 Å². The highest BCUT2D eigenvalue weighted by atomic mass is 32.2. The summed E-state index contributed by atoms with van der Waals surface area (Å²) in [7, 11) is -3.97. The fourth-order valence-electron chi connectivity index (χ4n) is 3.52. The molecular formula is C26H23N5O5S2. The van der Waals surface area contributed by atoms with E-state index in [2.05, 4.69) is 10.9 Å². The number of esters is 1. The summed E-state index contributed by atoms with van der Waals surface area (Å²) in [4.78, 5) is 29.5. The van der Waals surface area contributed by atoms with Crippen LogP contribution in [0.1, 0.15) is 40.5 Å². The van der Waals surface area contributed by atoms with Gasteiger partial charge >= 0.3 is 5.97 Å². The molecular weight excluding hydrogens is 526 g/mol. The number of terminal acetylenes is 1. The number of amides is 1. The number of ether oxygens (including phenoxy) is 1. The molecule has 0 atom stereocenters. The van der Waals surface area contributed by atoms with Gasteiger partial charge < -0.3 is 9.30 Å². The third kappa shape index (κ3) is 6.34. The Morgan fingerprint density at radius 3 is 2.29 bits per heavy atom. The van der Waals surface area contributed by atoms with Crippen molar-refractivity contribution in [2.45, 2.75) is 31.2 Å². The molecule has 0 saturated carbocycles. The first-order valence-electron chi connectivity index (χ1n) is 11.4. The molecule has 1 amide bonds. The summed E-state index contributed by atoms with van der Waals surface area (Å²) >= 11 is 1.18. The molecule has 0 bridgehead atoms. The van der Waals surface area contributed by atoms with Crippen molar-refractivity contribution in [3.63, 3.8) is 0 Å². The summed E-state index contributed by atoms with van der Waals surface area (Å²) in [5.74, 6) is 1.46. The monoisotopic (exact) mass is 549 g/mol. The number of sulfonamides is 1. The van der Waals surface area contributed by atoms with Crippen molar-refractivity contribution in [1.82, 2.24) is 8.87 Å². The first-order chi connectivity index (χ1) is 18.3. The Hall–Kier alpha value is -4.28. The SMILES string of the molecule is C#CCn1c(=NC(=O)c2ccc(S(=O)(=O)N(CCC#N)CCC#N)cc2)sc2cc(C(=O)OCC)ccc21. The number of rotatable bonds is 10. The van der Waals surface area contributed by atoms with E-state index in [0.717, 1.165) is 4.31 Å². The molecule has 0 aliphatic carbocycles. The fraction of sp³-hybridized carbons (Fsp3) is 0.269. The Morgan fingerprint density at radius 1 is 1.08 bits per heavy atom. The molecule has 10 nitrogen and oxygen atoms in total. The summed E-state index contributed by atoms with van der Waals surface area (Å²) in [6.45, 7) is 2.01. The molecule has 1 aromatic heterocycles. The minimum absolute atomic E-state index is 0.0196. The first-order valence-corrected chi connectivity index (χ1v) is 13.7. The van der Waals surface area contributed by atoms with Crippen molar-refractivity contribution in [3.05, 3.63) is 58.4 Å². The van der Waals surface area contributed by atoms with Crippen molar-refractivity contribution in [1.29, 1.82) is 10.5 Å². The predicted molar refractivity (Wildman–Crippen MR) is 140 cm³/mol. The summed E-state index contributed by atoms with van der Waals surface area (Å²) < 4.78 is 34.5. The van der Waals surface area contributed by atoms with Crippen LogP contribution < -0.4 is 4.80 Å². The van der Waals surface area contributed by atoms with Crippen LogP contribution in [-0.2, 0) is 21.3 Å². The van der Waals surface area contributed by atoms with Gasteiger partial charge in [-0.3, -0.25) is 4.79 Å². The van der Waals surface area contributed by atoms with E-state index >= 15 is 0 Å². The maximum atomic E-state index is 13.0. The van der Waals surface area contributed by atoms with Crippen molar-refractivity contribution >= 4 is 43.5 Å². The predicted octanol–water partition coefficient (Wildman–Crippen LogP) is 3.07. The molecule has 38 heavy (non-hydrogen) atoms. The van der Waals surface area contributed by atoms with Crippen LogP contribution in [0.2, 0.25) is 0 Å². The molecule has 0 radical (unpaired) electrons. The van der Waals surface area contributed by atoms with Crippen LogP contribution in [-0.4, -0.2) is 48.9 Å². The van der Waals surface area contributed by atoms with E-state index in [1.54, 1.807) is 29.7 Å². The maximum absolute atomic E-state index is 13.0. The molecule has 0 aliphatic heterocycles. The second kappa shape index (κ2) is 12.8. The van der Waals surface area contributed by atoms with Crippen molar-refractivity contribution < 1.29 is 22.7 Å². The van der Waals surface area contributed by atoms with E-state index in [0.29, 0.717) is 20.6 Å². The molecule has 0 unspecified atom stereocenters. The average molecular weight is 550 g/mol. The van der Waals surface area contributed by atoms with E-state index in [9.17, 15) is 18.0 Å².